The number of carbonyl (C=O) groups is 2. The number of para-hydroxylation sites is 1. The van der Waals surface area contributed by atoms with Crippen molar-refractivity contribution in [2.45, 2.75) is 0 Å². The lowest BCUT2D eigenvalue weighted by Gasteiger charge is -2.12. The zero-order valence-corrected chi connectivity index (χ0v) is 14.5. The summed E-state index contributed by atoms with van der Waals surface area (Å²) in [5.41, 5.74) is 0.387. The van der Waals surface area contributed by atoms with Crippen LogP contribution in [0.15, 0.2) is 36.4 Å². The number of ether oxygens (including phenoxy) is 3. The zero-order valence-electron chi connectivity index (χ0n) is 13.0. The molecule has 5 nitrogen and oxygen atoms in total. The molecule has 0 aromatic heterocycles. The molecule has 0 aliphatic heterocycles. The van der Waals surface area contributed by atoms with Crippen LogP contribution in [0.4, 0.5) is 0 Å². The summed E-state index contributed by atoms with van der Waals surface area (Å²) in [5.74, 6) is -0.517. The van der Waals surface area contributed by atoms with Crippen LogP contribution in [0.2, 0.25) is 10.0 Å². The molecule has 0 spiro atoms. The number of Topliss-reactive ketones (excluding diaryl/α,β-unsaturated/α-hetero) is 1. The molecule has 0 atom stereocenters. The maximum absolute atomic E-state index is 12.2. The lowest BCUT2D eigenvalue weighted by Crippen LogP contribution is -2.15. The maximum atomic E-state index is 12.2. The fourth-order valence-corrected chi connectivity index (χ4v) is 2.56. The molecule has 0 radical (unpaired) electrons. The fourth-order valence-electron chi connectivity index (χ4n) is 2.05. The summed E-state index contributed by atoms with van der Waals surface area (Å²) in [7, 11) is 2.87. The first-order valence-corrected chi connectivity index (χ1v) is 7.60. The van der Waals surface area contributed by atoms with E-state index in [1.54, 1.807) is 12.1 Å². The van der Waals surface area contributed by atoms with Gasteiger partial charge >= 0.3 is 5.97 Å². The summed E-state index contributed by atoms with van der Waals surface area (Å²) in [5, 5.41) is 0.608. The van der Waals surface area contributed by atoms with E-state index in [1.165, 1.54) is 38.5 Å². The smallest absolute Gasteiger partial charge is 0.342 e. The fraction of sp³-hybridized carbons (Fsp3) is 0.176. The van der Waals surface area contributed by atoms with Crippen LogP contribution < -0.4 is 9.47 Å². The first-order valence-electron chi connectivity index (χ1n) is 6.84. The Labute approximate surface area is 149 Å². The van der Waals surface area contributed by atoms with E-state index in [0.717, 1.165) is 0 Å². The van der Waals surface area contributed by atoms with Gasteiger partial charge in [0, 0.05) is 10.6 Å². The predicted molar refractivity (Wildman–Crippen MR) is 90.6 cm³/mol. The monoisotopic (exact) mass is 368 g/mol. The quantitative estimate of drug-likeness (QED) is 0.568. The third-order valence-electron chi connectivity index (χ3n) is 3.19. The van der Waals surface area contributed by atoms with E-state index in [9.17, 15) is 9.59 Å². The molecule has 0 N–H and O–H groups in total. The molecule has 0 fully saturated rings. The molecule has 0 bridgehead atoms. The number of hydrogen-bond acceptors (Lipinski definition) is 5. The van der Waals surface area contributed by atoms with Crippen LogP contribution in [0.5, 0.6) is 11.5 Å². The lowest BCUT2D eigenvalue weighted by atomic mass is 10.1. The van der Waals surface area contributed by atoms with Crippen LogP contribution in [-0.2, 0) is 4.74 Å². The molecule has 0 aliphatic rings. The van der Waals surface area contributed by atoms with E-state index >= 15 is 0 Å². The Bertz CT molecular complexity index is 774. The van der Waals surface area contributed by atoms with Gasteiger partial charge in [0.2, 0.25) is 5.78 Å². The van der Waals surface area contributed by atoms with E-state index < -0.39 is 18.4 Å². The van der Waals surface area contributed by atoms with Gasteiger partial charge in [-0.3, -0.25) is 4.79 Å². The van der Waals surface area contributed by atoms with Crippen molar-refractivity contribution in [1.82, 2.24) is 0 Å². The number of rotatable bonds is 6. The number of benzene rings is 2. The van der Waals surface area contributed by atoms with E-state index in [1.807, 2.05) is 0 Å². The van der Waals surface area contributed by atoms with Crippen LogP contribution >= 0.6 is 23.2 Å². The van der Waals surface area contributed by atoms with Gasteiger partial charge in [0.1, 0.15) is 5.56 Å². The van der Waals surface area contributed by atoms with E-state index in [2.05, 4.69) is 0 Å². The van der Waals surface area contributed by atoms with Crippen molar-refractivity contribution in [3.05, 3.63) is 57.6 Å². The van der Waals surface area contributed by atoms with Crippen LogP contribution in [0.1, 0.15) is 20.7 Å². The molecule has 2 aromatic rings. The molecule has 0 heterocycles. The molecule has 2 rings (SSSR count). The van der Waals surface area contributed by atoms with Gasteiger partial charge in [0.05, 0.1) is 19.2 Å². The van der Waals surface area contributed by atoms with E-state index in [-0.39, 0.29) is 21.9 Å². The normalized spacial score (nSPS) is 10.2. The van der Waals surface area contributed by atoms with E-state index in [0.29, 0.717) is 10.8 Å². The molecule has 0 amide bonds. The Morgan fingerprint density at radius 1 is 1.00 bits per heavy atom. The SMILES string of the molecule is COc1cccc(C(=O)OCC(=O)c2ccc(Cl)cc2Cl)c1OC. The van der Waals surface area contributed by atoms with Gasteiger partial charge in [-0.25, -0.2) is 4.79 Å². The van der Waals surface area contributed by atoms with Crippen molar-refractivity contribution in [1.29, 1.82) is 0 Å². The van der Waals surface area contributed by atoms with Gasteiger partial charge in [-0.15, -0.1) is 0 Å². The number of halogens is 2. The minimum absolute atomic E-state index is 0.159. The summed E-state index contributed by atoms with van der Waals surface area (Å²) in [6.07, 6.45) is 0. The van der Waals surface area contributed by atoms with Crippen molar-refractivity contribution in [2.24, 2.45) is 0 Å². The van der Waals surface area contributed by atoms with E-state index in [4.69, 9.17) is 37.4 Å². The lowest BCUT2D eigenvalue weighted by molar-refractivity contribution is 0.0471. The summed E-state index contributed by atoms with van der Waals surface area (Å²) >= 11 is 11.7. The van der Waals surface area contributed by atoms with Crippen LogP contribution in [0, 0.1) is 0 Å². The summed E-state index contributed by atoms with van der Waals surface area (Å²) < 4.78 is 15.3. The van der Waals surface area contributed by atoms with Gasteiger partial charge < -0.3 is 14.2 Å². The second kappa shape index (κ2) is 8.04. The van der Waals surface area contributed by atoms with Gasteiger partial charge in [0.25, 0.3) is 0 Å². The molecule has 0 saturated heterocycles. The molecule has 7 heteroatoms. The zero-order chi connectivity index (χ0) is 17.7. The van der Waals surface area contributed by atoms with Crippen LogP contribution in [-0.4, -0.2) is 32.6 Å². The first kappa shape index (κ1) is 18.1. The molecule has 2 aromatic carbocycles. The minimum Gasteiger partial charge on any atom is -0.493 e. The van der Waals surface area contributed by atoms with Crippen LogP contribution in [0.3, 0.4) is 0 Å². The topological polar surface area (TPSA) is 61.8 Å². The Morgan fingerprint density at radius 2 is 1.75 bits per heavy atom. The molecule has 0 aliphatic carbocycles. The Balaban J connectivity index is 2.12. The van der Waals surface area contributed by atoms with Crippen molar-refractivity contribution in [2.75, 3.05) is 20.8 Å². The van der Waals surface area contributed by atoms with Gasteiger partial charge in [-0.05, 0) is 30.3 Å². The third kappa shape index (κ3) is 3.99. The third-order valence-corrected chi connectivity index (χ3v) is 3.74. The molecule has 24 heavy (non-hydrogen) atoms. The largest absolute Gasteiger partial charge is 0.493 e. The number of ketones is 1. The van der Waals surface area contributed by atoms with Gasteiger partial charge in [-0.2, -0.15) is 0 Å². The average molecular weight is 369 g/mol. The standard InChI is InChI=1S/C17H14Cl2O5/c1-22-15-5-3-4-12(16(15)23-2)17(21)24-9-14(20)11-7-6-10(18)8-13(11)19/h3-8H,9H2,1-2H3. The Kier molecular flexibility index (Phi) is 6.06. The summed E-state index contributed by atoms with van der Waals surface area (Å²) in [4.78, 5) is 24.3. The van der Waals surface area contributed by atoms with Gasteiger partial charge in [0.15, 0.2) is 18.1 Å². The molecule has 0 saturated carbocycles. The Hall–Kier alpha value is -2.24. The highest BCUT2D eigenvalue weighted by atomic mass is 35.5. The average Bonchev–Trinajstić information content (AvgIpc) is 2.58. The highest BCUT2D eigenvalue weighted by Crippen LogP contribution is 2.31. The molecular weight excluding hydrogens is 355 g/mol. The number of carbonyl (C=O) groups excluding carboxylic acids is 2. The molecule has 126 valence electrons. The summed E-state index contributed by atoms with van der Waals surface area (Å²) in [6.45, 7) is -0.458. The van der Waals surface area contributed by atoms with Gasteiger partial charge in [-0.1, -0.05) is 29.3 Å². The second-order valence-corrected chi connectivity index (χ2v) is 5.51. The highest BCUT2D eigenvalue weighted by molar-refractivity contribution is 6.36. The van der Waals surface area contributed by atoms with Crippen molar-refractivity contribution < 1.29 is 23.8 Å². The number of hydrogen-bond donors (Lipinski definition) is 0. The number of methoxy groups -OCH3 is 2. The van der Waals surface area contributed by atoms with Crippen molar-refractivity contribution in [3.8, 4) is 11.5 Å². The molecular formula is C17H14Cl2O5. The maximum Gasteiger partial charge on any atom is 0.342 e. The van der Waals surface area contributed by atoms with Crippen LogP contribution in [0.25, 0.3) is 0 Å². The van der Waals surface area contributed by atoms with Crippen molar-refractivity contribution >= 4 is 35.0 Å². The number of esters is 1. The minimum atomic E-state index is -0.704. The first-order chi connectivity index (χ1) is 11.5. The summed E-state index contributed by atoms with van der Waals surface area (Å²) in [6, 6.07) is 9.25. The Morgan fingerprint density at radius 3 is 2.38 bits per heavy atom. The van der Waals surface area contributed by atoms with Crippen molar-refractivity contribution in [3.63, 3.8) is 0 Å². The molecule has 0 unspecified atom stereocenters. The second-order valence-electron chi connectivity index (χ2n) is 4.66. The predicted octanol–water partition coefficient (Wildman–Crippen LogP) is 4.05. The highest BCUT2D eigenvalue weighted by Gasteiger charge is 2.19.